The highest BCUT2D eigenvalue weighted by molar-refractivity contribution is 8.01. The third kappa shape index (κ3) is 3.22. The summed E-state index contributed by atoms with van der Waals surface area (Å²) in [6, 6.07) is 40.3. The highest BCUT2D eigenvalue weighted by atomic mass is 31.2. The summed E-state index contributed by atoms with van der Waals surface area (Å²) < 4.78 is 0. The van der Waals surface area contributed by atoms with Crippen LogP contribution in [-0.4, -0.2) is 0 Å². The molecule has 0 atom stereocenters. The fourth-order valence-electron chi connectivity index (χ4n) is 3.73. The first-order valence-corrected chi connectivity index (χ1v) is 11.1. The van der Waals surface area contributed by atoms with Crippen molar-refractivity contribution in [2.24, 2.45) is 0 Å². The lowest BCUT2D eigenvalue weighted by Gasteiger charge is -2.27. The van der Waals surface area contributed by atoms with E-state index in [0.29, 0.717) is 0 Å². The van der Waals surface area contributed by atoms with Crippen molar-refractivity contribution in [2.75, 3.05) is 0 Å². The highest BCUT2D eigenvalue weighted by Gasteiger charge is 2.47. The third-order valence-corrected chi connectivity index (χ3v) is 9.42. The summed E-state index contributed by atoms with van der Waals surface area (Å²) in [5, 5.41) is 5.58. The Kier molecular flexibility index (Phi) is 4.92. The molecule has 1 heteroatoms. The van der Waals surface area contributed by atoms with E-state index >= 15 is 0 Å². The van der Waals surface area contributed by atoms with Gasteiger partial charge in [-0.25, -0.2) is 0 Å². The molecule has 0 unspecified atom stereocenters. The number of benzene rings is 4. The number of rotatable bonds is 4. The van der Waals surface area contributed by atoms with Crippen molar-refractivity contribution >= 4 is 28.5 Å². The van der Waals surface area contributed by atoms with Gasteiger partial charge in [-0.3, -0.25) is 0 Å². The molecule has 0 saturated heterocycles. The molecule has 0 heterocycles. The Morgan fingerprint density at radius 1 is 0.370 bits per heavy atom. The Balaban J connectivity index is 2.11. The maximum atomic E-state index is 2.32. The second-order valence-electron chi connectivity index (χ2n) is 7.01. The zero-order valence-corrected chi connectivity index (χ0v) is 16.7. The van der Waals surface area contributed by atoms with Gasteiger partial charge < -0.3 is 0 Å². The fourth-order valence-corrected chi connectivity index (χ4v) is 7.95. The predicted molar refractivity (Wildman–Crippen MR) is 121 cm³/mol. The van der Waals surface area contributed by atoms with Gasteiger partial charge in [0.2, 0.25) is 0 Å². The zero-order valence-electron chi connectivity index (χ0n) is 15.8. The average Bonchev–Trinajstić information content (AvgIpc) is 2.73. The molecule has 0 radical (unpaired) electrons. The van der Waals surface area contributed by atoms with Gasteiger partial charge in [-0.2, -0.15) is 0 Å². The van der Waals surface area contributed by atoms with E-state index in [1.54, 1.807) is 0 Å². The average molecular weight is 367 g/mol. The minimum Gasteiger partial charge on any atom is -0.0620 e. The summed E-state index contributed by atoms with van der Waals surface area (Å²) in [5.74, 6) is 0. The maximum Gasteiger partial charge on any atom is 0.144 e. The maximum absolute atomic E-state index is 2.32. The minimum atomic E-state index is -1.95. The monoisotopic (exact) mass is 367 g/mol. The van der Waals surface area contributed by atoms with Crippen LogP contribution in [0.25, 0.3) is 0 Å². The minimum absolute atomic E-state index is 1.29. The Hall–Kier alpha value is -2.69. The molecular weight excluding hydrogens is 343 g/mol. The number of hydrogen-bond acceptors (Lipinski definition) is 0. The standard InChI is InChI=1S/C26H24P/c1-21-13-17-25(18-14-21)27(23-9-5-3-6-10-23,24-11-7-4-8-12-24)26-19-15-22(2)16-20-26/h3-20H,1-2H3/q+1. The number of hydrogen-bond donors (Lipinski definition) is 0. The van der Waals surface area contributed by atoms with Crippen LogP contribution < -0.4 is 21.2 Å². The molecule has 4 aromatic carbocycles. The van der Waals surface area contributed by atoms with Gasteiger partial charge in [-0.15, -0.1) is 0 Å². The van der Waals surface area contributed by atoms with Crippen LogP contribution in [0.3, 0.4) is 0 Å². The van der Waals surface area contributed by atoms with Crippen LogP contribution in [0, 0.1) is 13.8 Å². The molecule has 0 spiro atoms. The lowest BCUT2D eigenvalue weighted by atomic mass is 10.2. The van der Waals surface area contributed by atoms with Gasteiger partial charge in [0, 0.05) is 0 Å². The lowest BCUT2D eigenvalue weighted by Crippen LogP contribution is -2.38. The summed E-state index contributed by atoms with van der Waals surface area (Å²) >= 11 is 0. The highest BCUT2D eigenvalue weighted by Crippen LogP contribution is 2.54. The van der Waals surface area contributed by atoms with Gasteiger partial charge in [0.05, 0.1) is 0 Å². The second-order valence-corrected chi connectivity index (χ2v) is 10.4. The first-order valence-electron chi connectivity index (χ1n) is 9.36. The van der Waals surface area contributed by atoms with Crippen molar-refractivity contribution in [3.63, 3.8) is 0 Å². The van der Waals surface area contributed by atoms with Gasteiger partial charge >= 0.3 is 0 Å². The van der Waals surface area contributed by atoms with Gasteiger partial charge in [0.15, 0.2) is 0 Å². The molecule has 4 aromatic rings. The van der Waals surface area contributed by atoms with Crippen LogP contribution in [0.5, 0.6) is 0 Å². The summed E-state index contributed by atoms with van der Waals surface area (Å²) in [4.78, 5) is 0. The Bertz CT molecular complexity index is 914. The Morgan fingerprint density at radius 2 is 0.667 bits per heavy atom. The molecule has 0 saturated carbocycles. The predicted octanol–water partition coefficient (Wildman–Crippen LogP) is 4.92. The number of aryl methyl sites for hydroxylation is 2. The second kappa shape index (κ2) is 7.51. The van der Waals surface area contributed by atoms with E-state index in [4.69, 9.17) is 0 Å². The topological polar surface area (TPSA) is 0 Å². The summed E-state index contributed by atoms with van der Waals surface area (Å²) in [7, 11) is -1.95. The third-order valence-electron chi connectivity index (χ3n) is 5.13. The van der Waals surface area contributed by atoms with E-state index in [9.17, 15) is 0 Å². The zero-order chi connectivity index (χ0) is 18.7. The van der Waals surface area contributed by atoms with Crippen LogP contribution in [0.4, 0.5) is 0 Å². The van der Waals surface area contributed by atoms with Crippen LogP contribution in [0.1, 0.15) is 11.1 Å². The SMILES string of the molecule is Cc1ccc([P+](c2ccccc2)(c2ccccc2)c2ccc(C)cc2)cc1. The van der Waals surface area contributed by atoms with Gasteiger partial charge in [0.25, 0.3) is 0 Å². The van der Waals surface area contributed by atoms with Crippen LogP contribution in [-0.2, 0) is 0 Å². The van der Waals surface area contributed by atoms with Crippen LogP contribution in [0.15, 0.2) is 109 Å². The molecule has 0 fully saturated rings. The van der Waals surface area contributed by atoms with E-state index in [0.717, 1.165) is 0 Å². The molecule has 0 aliphatic heterocycles. The summed E-state index contributed by atoms with van der Waals surface area (Å²) in [6.07, 6.45) is 0. The molecule has 0 nitrogen and oxygen atoms in total. The van der Waals surface area contributed by atoms with Crippen molar-refractivity contribution in [1.82, 2.24) is 0 Å². The van der Waals surface area contributed by atoms with Crippen molar-refractivity contribution in [3.8, 4) is 0 Å². The van der Waals surface area contributed by atoms with Gasteiger partial charge in [-0.05, 0) is 62.4 Å². The van der Waals surface area contributed by atoms with Crippen LogP contribution >= 0.6 is 7.26 Å². The molecule has 27 heavy (non-hydrogen) atoms. The lowest BCUT2D eigenvalue weighted by molar-refractivity contribution is 1.48. The summed E-state index contributed by atoms with van der Waals surface area (Å²) in [5.41, 5.74) is 2.59. The molecule has 132 valence electrons. The first kappa shape index (κ1) is 17.7. The summed E-state index contributed by atoms with van der Waals surface area (Å²) in [6.45, 7) is 4.31. The normalized spacial score (nSPS) is 11.3. The van der Waals surface area contributed by atoms with E-state index in [1.807, 2.05) is 0 Å². The van der Waals surface area contributed by atoms with Crippen LogP contribution in [0.2, 0.25) is 0 Å². The van der Waals surface area contributed by atoms with Crippen molar-refractivity contribution in [2.45, 2.75) is 13.8 Å². The smallest absolute Gasteiger partial charge is 0.0620 e. The van der Waals surface area contributed by atoms with Gasteiger partial charge in [-0.1, -0.05) is 71.8 Å². The Morgan fingerprint density at radius 3 is 1.00 bits per heavy atom. The molecule has 0 aliphatic rings. The molecule has 0 aromatic heterocycles. The van der Waals surface area contributed by atoms with Crippen molar-refractivity contribution < 1.29 is 0 Å². The van der Waals surface area contributed by atoms with E-state index < -0.39 is 7.26 Å². The molecule has 0 bridgehead atoms. The molecule has 4 rings (SSSR count). The quantitative estimate of drug-likeness (QED) is 0.449. The fraction of sp³-hybridized carbons (Fsp3) is 0.0769. The van der Waals surface area contributed by atoms with E-state index in [1.165, 1.54) is 32.3 Å². The van der Waals surface area contributed by atoms with E-state index in [-0.39, 0.29) is 0 Å². The molecular formula is C26H24P+. The molecule has 0 N–H and O–H groups in total. The van der Waals surface area contributed by atoms with Crippen molar-refractivity contribution in [1.29, 1.82) is 0 Å². The molecule has 0 amide bonds. The molecule has 0 aliphatic carbocycles. The van der Waals surface area contributed by atoms with E-state index in [2.05, 4.69) is 123 Å². The Labute approximate surface area is 162 Å². The van der Waals surface area contributed by atoms with Crippen molar-refractivity contribution in [3.05, 3.63) is 120 Å². The largest absolute Gasteiger partial charge is 0.144 e. The van der Waals surface area contributed by atoms with Gasteiger partial charge in [0.1, 0.15) is 28.5 Å². The first-order chi connectivity index (χ1) is 13.2.